The number of aryl methyl sites for hydroxylation is 2. The van der Waals surface area contributed by atoms with E-state index in [4.69, 9.17) is 9.72 Å². The highest BCUT2D eigenvalue weighted by Crippen LogP contribution is 2.32. The third kappa shape index (κ3) is 3.47. The van der Waals surface area contributed by atoms with E-state index in [0.717, 1.165) is 65.1 Å². The number of anilines is 2. The van der Waals surface area contributed by atoms with Crippen molar-refractivity contribution >= 4 is 49.6 Å². The van der Waals surface area contributed by atoms with E-state index in [2.05, 4.69) is 16.3 Å². The van der Waals surface area contributed by atoms with Crippen LogP contribution in [-0.4, -0.2) is 37.2 Å². The summed E-state index contributed by atoms with van der Waals surface area (Å²) in [7, 11) is 0. The van der Waals surface area contributed by atoms with E-state index in [1.54, 1.807) is 22.7 Å². The predicted molar refractivity (Wildman–Crippen MR) is 112 cm³/mol. The summed E-state index contributed by atoms with van der Waals surface area (Å²) in [5, 5.41) is 4.10. The van der Waals surface area contributed by atoms with Crippen molar-refractivity contribution in [2.75, 3.05) is 36.5 Å². The van der Waals surface area contributed by atoms with E-state index in [9.17, 15) is 4.79 Å². The molecule has 0 spiro atoms. The molecular formula is C20H21N3O2S2. The van der Waals surface area contributed by atoms with Crippen molar-refractivity contribution in [1.82, 2.24) is 4.98 Å². The molecule has 1 aromatic carbocycles. The number of aromatic nitrogens is 1. The molecule has 140 valence electrons. The molecule has 27 heavy (non-hydrogen) atoms. The van der Waals surface area contributed by atoms with Crippen LogP contribution < -0.4 is 10.2 Å². The Balaban J connectivity index is 1.35. The first-order valence-corrected chi connectivity index (χ1v) is 11.1. The van der Waals surface area contributed by atoms with Crippen LogP contribution in [0, 0.1) is 0 Å². The van der Waals surface area contributed by atoms with Crippen molar-refractivity contribution < 1.29 is 9.53 Å². The summed E-state index contributed by atoms with van der Waals surface area (Å²) in [6.07, 6.45) is 4.70. The van der Waals surface area contributed by atoms with E-state index in [0.29, 0.717) is 0 Å². The molecule has 0 saturated carbocycles. The topological polar surface area (TPSA) is 54.5 Å². The molecule has 7 heteroatoms. The van der Waals surface area contributed by atoms with Gasteiger partial charge in [0.05, 0.1) is 28.3 Å². The number of amides is 1. The minimum Gasteiger partial charge on any atom is -0.378 e. The standard InChI is InChI=1S/C20H21N3O2S2/c24-19(18-11-13-3-1-2-4-16(13)26-18)21-14-5-6-15-17(12-14)27-20(22-15)23-7-9-25-10-8-23/h5-6,11-12H,1-4,7-10H2,(H,21,24). The Kier molecular flexibility index (Phi) is 4.59. The Bertz CT molecular complexity index is 965. The van der Waals surface area contributed by atoms with Gasteiger partial charge in [-0.3, -0.25) is 4.79 Å². The summed E-state index contributed by atoms with van der Waals surface area (Å²) >= 11 is 3.32. The lowest BCUT2D eigenvalue weighted by molar-refractivity contribution is 0.103. The molecule has 2 aromatic heterocycles. The lowest BCUT2D eigenvalue weighted by Gasteiger charge is -2.25. The van der Waals surface area contributed by atoms with Crippen LogP contribution in [0.15, 0.2) is 24.3 Å². The van der Waals surface area contributed by atoms with Crippen molar-refractivity contribution in [3.05, 3.63) is 39.6 Å². The maximum absolute atomic E-state index is 12.7. The highest BCUT2D eigenvalue weighted by atomic mass is 32.1. The van der Waals surface area contributed by atoms with Crippen LogP contribution in [0.4, 0.5) is 10.8 Å². The Morgan fingerprint density at radius 3 is 2.81 bits per heavy atom. The average molecular weight is 400 g/mol. The number of carbonyl (C=O) groups excluding carboxylic acids is 1. The molecule has 1 N–H and O–H groups in total. The van der Waals surface area contributed by atoms with Gasteiger partial charge in [-0.2, -0.15) is 0 Å². The number of morpholine rings is 1. The van der Waals surface area contributed by atoms with Crippen molar-refractivity contribution in [2.24, 2.45) is 0 Å². The van der Waals surface area contributed by atoms with Gasteiger partial charge in [-0.1, -0.05) is 11.3 Å². The molecule has 5 rings (SSSR count). The second-order valence-electron chi connectivity index (χ2n) is 7.00. The maximum atomic E-state index is 12.7. The van der Waals surface area contributed by atoms with Crippen LogP contribution in [0.3, 0.4) is 0 Å². The van der Waals surface area contributed by atoms with Crippen LogP contribution in [0.1, 0.15) is 33.0 Å². The van der Waals surface area contributed by atoms with Crippen LogP contribution in [-0.2, 0) is 17.6 Å². The lowest BCUT2D eigenvalue weighted by atomic mass is 9.99. The number of nitrogens with zero attached hydrogens (tertiary/aromatic N) is 2. The van der Waals surface area contributed by atoms with Gasteiger partial charge in [-0.05, 0) is 55.5 Å². The van der Waals surface area contributed by atoms with E-state index < -0.39 is 0 Å². The molecule has 0 radical (unpaired) electrons. The van der Waals surface area contributed by atoms with E-state index in [1.807, 2.05) is 18.2 Å². The monoisotopic (exact) mass is 399 g/mol. The van der Waals surface area contributed by atoms with Gasteiger partial charge in [0, 0.05) is 23.7 Å². The fraction of sp³-hybridized carbons (Fsp3) is 0.400. The van der Waals surface area contributed by atoms with Crippen molar-refractivity contribution in [1.29, 1.82) is 0 Å². The summed E-state index contributed by atoms with van der Waals surface area (Å²) in [4.78, 5) is 21.9. The van der Waals surface area contributed by atoms with Gasteiger partial charge in [-0.15, -0.1) is 11.3 Å². The van der Waals surface area contributed by atoms with Gasteiger partial charge in [0.15, 0.2) is 5.13 Å². The molecule has 1 aliphatic heterocycles. The molecule has 5 nitrogen and oxygen atoms in total. The summed E-state index contributed by atoms with van der Waals surface area (Å²) < 4.78 is 6.52. The molecule has 1 aliphatic carbocycles. The smallest absolute Gasteiger partial charge is 0.265 e. The number of nitrogens with one attached hydrogen (secondary N) is 1. The SMILES string of the molecule is O=C(Nc1ccc2nc(N3CCOCC3)sc2c1)c1cc2c(s1)CCCC2. The summed E-state index contributed by atoms with van der Waals surface area (Å²) in [5.74, 6) is -0.00771. The number of hydrogen-bond acceptors (Lipinski definition) is 6. The van der Waals surface area contributed by atoms with Gasteiger partial charge in [0.25, 0.3) is 5.91 Å². The number of benzene rings is 1. The predicted octanol–water partition coefficient (Wildman–Crippen LogP) is 4.33. The quantitative estimate of drug-likeness (QED) is 0.712. The third-order valence-corrected chi connectivity index (χ3v) is 7.45. The zero-order valence-corrected chi connectivity index (χ0v) is 16.6. The first-order chi connectivity index (χ1) is 13.3. The Morgan fingerprint density at radius 2 is 1.96 bits per heavy atom. The fourth-order valence-corrected chi connectivity index (χ4v) is 5.88. The van der Waals surface area contributed by atoms with Crippen LogP contribution in [0.5, 0.6) is 0 Å². The van der Waals surface area contributed by atoms with Crippen molar-refractivity contribution in [2.45, 2.75) is 25.7 Å². The molecule has 3 aromatic rings. The van der Waals surface area contributed by atoms with Crippen LogP contribution in [0.2, 0.25) is 0 Å². The third-order valence-electron chi connectivity index (χ3n) is 5.14. The number of thiophene rings is 1. The molecule has 0 atom stereocenters. The van der Waals surface area contributed by atoms with Gasteiger partial charge >= 0.3 is 0 Å². The Hall–Kier alpha value is -1.96. The molecule has 0 unspecified atom stereocenters. The van der Waals surface area contributed by atoms with Gasteiger partial charge < -0.3 is 15.0 Å². The molecule has 0 bridgehead atoms. The Labute approximate surface area is 166 Å². The average Bonchev–Trinajstić information content (AvgIpc) is 3.32. The molecular weight excluding hydrogens is 378 g/mol. The van der Waals surface area contributed by atoms with Crippen LogP contribution >= 0.6 is 22.7 Å². The van der Waals surface area contributed by atoms with Gasteiger partial charge in [-0.25, -0.2) is 4.98 Å². The Morgan fingerprint density at radius 1 is 1.11 bits per heavy atom. The first-order valence-electron chi connectivity index (χ1n) is 9.42. The zero-order chi connectivity index (χ0) is 18.2. The number of hydrogen-bond donors (Lipinski definition) is 1. The van der Waals surface area contributed by atoms with E-state index in [1.165, 1.54) is 23.3 Å². The fourth-order valence-electron chi connectivity index (χ4n) is 3.68. The molecule has 1 amide bonds. The van der Waals surface area contributed by atoms with Gasteiger partial charge in [0.1, 0.15) is 0 Å². The number of thiazole rings is 1. The van der Waals surface area contributed by atoms with Crippen molar-refractivity contribution in [3.63, 3.8) is 0 Å². The minimum absolute atomic E-state index is 0.00771. The zero-order valence-electron chi connectivity index (χ0n) is 15.0. The summed E-state index contributed by atoms with van der Waals surface area (Å²) in [6, 6.07) is 8.04. The highest BCUT2D eigenvalue weighted by molar-refractivity contribution is 7.22. The lowest BCUT2D eigenvalue weighted by Crippen LogP contribution is -2.36. The number of fused-ring (bicyclic) bond motifs is 2. The summed E-state index contributed by atoms with van der Waals surface area (Å²) in [5.41, 5.74) is 3.17. The first kappa shape index (κ1) is 17.2. The minimum atomic E-state index is -0.00771. The maximum Gasteiger partial charge on any atom is 0.265 e. The molecule has 3 heterocycles. The molecule has 1 fully saturated rings. The highest BCUT2D eigenvalue weighted by Gasteiger charge is 2.18. The van der Waals surface area contributed by atoms with Crippen LogP contribution in [0.25, 0.3) is 10.2 Å². The molecule has 2 aliphatic rings. The number of rotatable bonds is 3. The van der Waals surface area contributed by atoms with Crippen molar-refractivity contribution in [3.8, 4) is 0 Å². The largest absolute Gasteiger partial charge is 0.378 e. The van der Waals surface area contributed by atoms with E-state index in [-0.39, 0.29) is 5.91 Å². The second kappa shape index (κ2) is 7.22. The number of carbonyl (C=O) groups is 1. The second-order valence-corrected chi connectivity index (χ2v) is 9.14. The molecule has 1 saturated heterocycles. The van der Waals surface area contributed by atoms with E-state index >= 15 is 0 Å². The van der Waals surface area contributed by atoms with Gasteiger partial charge in [0.2, 0.25) is 0 Å². The normalized spacial score (nSPS) is 17.1. The number of ether oxygens (including phenoxy) is 1. The summed E-state index contributed by atoms with van der Waals surface area (Å²) in [6.45, 7) is 3.27.